The molecule has 4 rings (SSSR count). The van der Waals surface area contributed by atoms with Crippen LogP contribution in [0.5, 0.6) is 0 Å². The molecule has 0 saturated heterocycles. The second-order valence-corrected chi connectivity index (χ2v) is 5.37. The molecule has 0 spiro atoms. The van der Waals surface area contributed by atoms with Gasteiger partial charge >= 0.3 is 5.97 Å². The summed E-state index contributed by atoms with van der Waals surface area (Å²) >= 11 is 0. The van der Waals surface area contributed by atoms with E-state index in [-0.39, 0.29) is 11.5 Å². The number of hydrogen-bond acceptors (Lipinski definition) is 2. The van der Waals surface area contributed by atoms with Crippen molar-refractivity contribution in [1.29, 1.82) is 0 Å². The van der Waals surface area contributed by atoms with E-state index in [0.29, 0.717) is 16.8 Å². The summed E-state index contributed by atoms with van der Waals surface area (Å²) < 4.78 is 0. The fraction of sp³-hybridized carbons (Fsp3) is 0. The van der Waals surface area contributed by atoms with Crippen molar-refractivity contribution in [3.05, 3.63) is 65.4 Å². The Hall–Kier alpha value is -3.34. The number of carboxylic acid groups (broad SMARTS) is 1. The predicted octanol–water partition coefficient (Wildman–Crippen LogP) is 3.36. The van der Waals surface area contributed by atoms with Crippen LogP contribution in [0.3, 0.4) is 0 Å². The van der Waals surface area contributed by atoms with Crippen molar-refractivity contribution in [3.8, 4) is 0 Å². The zero-order valence-electron chi connectivity index (χ0n) is 12.0. The molecular formula is C18H12N2O3. The lowest BCUT2D eigenvalue weighted by molar-refractivity contribution is -0.110. The van der Waals surface area contributed by atoms with Crippen molar-refractivity contribution >= 4 is 40.1 Å². The zero-order valence-corrected chi connectivity index (χ0v) is 12.0. The summed E-state index contributed by atoms with van der Waals surface area (Å²) in [7, 11) is 0. The van der Waals surface area contributed by atoms with E-state index in [1.54, 1.807) is 12.1 Å². The van der Waals surface area contributed by atoms with E-state index in [4.69, 9.17) is 5.11 Å². The van der Waals surface area contributed by atoms with Gasteiger partial charge in [0.05, 0.1) is 5.56 Å². The van der Waals surface area contributed by atoms with Crippen LogP contribution < -0.4 is 5.32 Å². The molecule has 0 aliphatic carbocycles. The van der Waals surface area contributed by atoms with Gasteiger partial charge in [-0.15, -0.1) is 0 Å². The van der Waals surface area contributed by atoms with Gasteiger partial charge in [-0.05, 0) is 30.3 Å². The monoisotopic (exact) mass is 304 g/mol. The van der Waals surface area contributed by atoms with Gasteiger partial charge in [0.25, 0.3) is 5.91 Å². The quantitative estimate of drug-likeness (QED) is 0.635. The summed E-state index contributed by atoms with van der Waals surface area (Å²) in [5, 5.41) is 12.9. The van der Waals surface area contributed by atoms with Crippen LogP contribution in [0.1, 0.15) is 21.5 Å². The maximum Gasteiger partial charge on any atom is 0.335 e. The summed E-state index contributed by atoms with van der Waals surface area (Å²) in [5.74, 6) is -1.24. The van der Waals surface area contributed by atoms with Gasteiger partial charge < -0.3 is 15.4 Å². The predicted molar refractivity (Wildman–Crippen MR) is 88.2 cm³/mol. The maximum atomic E-state index is 12.2. The summed E-state index contributed by atoms with van der Waals surface area (Å²) in [5.41, 5.74) is 3.74. The third-order valence-electron chi connectivity index (χ3n) is 3.97. The van der Waals surface area contributed by atoms with E-state index in [1.807, 2.05) is 30.5 Å². The normalized spacial score (nSPS) is 15.0. The molecule has 1 amide bonds. The number of fused-ring (bicyclic) bond motifs is 2. The van der Waals surface area contributed by atoms with Crippen LogP contribution in [0.15, 0.2) is 48.7 Å². The number of para-hydroxylation sites is 1. The molecule has 0 bridgehead atoms. The van der Waals surface area contributed by atoms with E-state index in [9.17, 15) is 9.59 Å². The van der Waals surface area contributed by atoms with Crippen LogP contribution >= 0.6 is 0 Å². The molecule has 0 radical (unpaired) electrons. The maximum absolute atomic E-state index is 12.2. The van der Waals surface area contributed by atoms with Crippen molar-refractivity contribution in [1.82, 2.24) is 4.98 Å². The number of anilines is 1. The number of hydrogen-bond donors (Lipinski definition) is 3. The Morgan fingerprint density at radius 1 is 1.13 bits per heavy atom. The molecule has 0 unspecified atom stereocenters. The second kappa shape index (κ2) is 4.84. The number of H-pyrrole nitrogens is 1. The SMILES string of the molecule is O=C1Nc2ccc(C(=O)O)cc2/C1=C\c1c[nH]c2ccccc12. The highest BCUT2D eigenvalue weighted by molar-refractivity contribution is 6.35. The minimum atomic E-state index is -1.02. The van der Waals surface area contributed by atoms with Crippen molar-refractivity contribution in [2.24, 2.45) is 0 Å². The highest BCUT2D eigenvalue weighted by Gasteiger charge is 2.25. The number of amides is 1. The molecule has 0 atom stereocenters. The molecule has 23 heavy (non-hydrogen) atoms. The van der Waals surface area contributed by atoms with Crippen molar-refractivity contribution < 1.29 is 14.7 Å². The Bertz CT molecular complexity index is 998. The van der Waals surface area contributed by atoms with Crippen LogP contribution in [0, 0.1) is 0 Å². The van der Waals surface area contributed by atoms with Gasteiger partial charge in [-0.25, -0.2) is 4.79 Å². The lowest BCUT2D eigenvalue weighted by atomic mass is 10.0. The number of aromatic amines is 1. The smallest absolute Gasteiger partial charge is 0.335 e. The number of rotatable bonds is 2. The molecule has 5 nitrogen and oxygen atoms in total. The number of carbonyl (C=O) groups excluding carboxylic acids is 1. The van der Waals surface area contributed by atoms with Crippen molar-refractivity contribution in [2.75, 3.05) is 5.32 Å². The molecule has 0 saturated carbocycles. The third kappa shape index (κ3) is 2.10. The zero-order chi connectivity index (χ0) is 16.0. The minimum absolute atomic E-state index is 0.157. The van der Waals surface area contributed by atoms with Gasteiger partial charge in [-0.1, -0.05) is 18.2 Å². The highest BCUT2D eigenvalue weighted by atomic mass is 16.4. The molecule has 1 aliphatic heterocycles. The van der Waals surface area contributed by atoms with Crippen LogP contribution in [-0.2, 0) is 4.79 Å². The van der Waals surface area contributed by atoms with Crippen LogP contribution in [0.2, 0.25) is 0 Å². The Balaban J connectivity index is 1.88. The number of carbonyl (C=O) groups is 2. The van der Waals surface area contributed by atoms with Crippen molar-refractivity contribution in [2.45, 2.75) is 0 Å². The molecule has 5 heteroatoms. The molecule has 1 aliphatic rings. The summed E-state index contributed by atoms with van der Waals surface area (Å²) in [4.78, 5) is 26.5. The molecule has 3 aromatic rings. The highest BCUT2D eigenvalue weighted by Crippen LogP contribution is 2.34. The Labute approximate surface area is 131 Å². The van der Waals surface area contributed by atoms with E-state index in [1.165, 1.54) is 12.1 Å². The second-order valence-electron chi connectivity index (χ2n) is 5.37. The Morgan fingerprint density at radius 2 is 1.96 bits per heavy atom. The standard InChI is InChI=1S/C18H12N2O3/c21-17-14(8-11-9-19-15-4-2-1-3-12(11)15)13-7-10(18(22)23)5-6-16(13)20-17/h1-9,19H,(H,20,21)(H,22,23)/b14-8+. The first kappa shape index (κ1) is 13.3. The first-order valence-electron chi connectivity index (χ1n) is 7.10. The minimum Gasteiger partial charge on any atom is -0.478 e. The molecule has 1 aromatic heterocycles. The van der Waals surface area contributed by atoms with Crippen LogP contribution in [0.25, 0.3) is 22.6 Å². The number of nitrogens with one attached hydrogen (secondary N) is 2. The van der Waals surface area contributed by atoms with Crippen molar-refractivity contribution in [3.63, 3.8) is 0 Å². The molecular weight excluding hydrogens is 292 g/mol. The lowest BCUT2D eigenvalue weighted by Gasteiger charge is -2.00. The third-order valence-corrected chi connectivity index (χ3v) is 3.97. The van der Waals surface area contributed by atoms with Gasteiger partial charge in [-0.3, -0.25) is 4.79 Å². The summed E-state index contributed by atoms with van der Waals surface area (Å²) in [6.45, 7) is 0. The largest absolute Gasteiger partial charge is 0.478 e. The molecule has 2 heterocycles. The molecule has 112 valence electrons. The van der Waals surface area contributed by atoms with Crippen LogP contribution in [-0.4, -0.2) is 22.0 Å². The number of carboxylic acids is 1. The lowest BCUT2D eigenvalue weighted by Crippen LogP contribution is -2.03. The number of benzene rings is 2. The fourth-order valence-electron chi connectivity index (χ4n) is 2.83. The number of aromatic carboxylic acids is 1. The van der Waals surface area contributed by atoms with Gasteiger partial charge in [0.15, 0.2) is 0 Å². The van der Waals surface area contributed by atoms with Crippen LogP contribution in [0.4, 0.5) is 5.69 Å². The molecule has 0 fully saturated rings. The van der Waals surface area contributed by atoms with E-state index < -0.39 is 5.97 Å². The summed E-state index contributed by atoms with van der Waals surface area (Å²) in [6, 6.07) is 12.4. The van der Waals surface area contributed by atoms with E-state index in [0.717, 1.165) is 16.5 Å². The Morgan fingerprint density at radius 3 is 2.78 bits per heavy atom. The number of aromatic nitrogens is 1. The van der Waals surface area contributed by atoms with Gasteiger partial charge in [0.1, 0.15) is 0 Å². The fourth-order valence-corrected chi connectivity index (χ4v) is 2.83. The Kier molecular flexibility index (Phi) is 2.81. The average molecular weight is 304 g/mol. The molecule has 3 N–H and O–H groups in total. The first-order chi connectivity index (χ1) is 11.1. The average Bonchev–Trinajstić information content (AvgIpc) is 3.09. The first-order valence-corrected chi connectivity index (χ1v) is 7.10. The van der Waals surface area contributed by atoms with E-state index >= 15 is 0 Å². The topological polar surface area (TPSA) is 82.2 Å². The van der Waals surface area contributed by atoms with Gasteiger partial charge in [0.2, 0.25) is 0 Å². The van der Waals surface area contributed by atoms with Gasteiger partial charge in [0, 0.05) is 39.5 Å². The van der Waals surface area contributed by atoms with Gasteiger partial charge in [-0.2, -0.15) is 0 Å². The van der Waals surface area contributed by atoms with E-state index in [2.05, 4.69) is 10.3 Å². The molecule has 2 aromatic carbocycles. The summed E-state index contributed by atoms with van der Waals surface area (Å²) in [6.07, 6.45) is 3.62.